The zero-order chi connectivity index (χ0) is 21.5. The van der Waals surface area contributed by atoms with Crippen LogP contribution < -0.4 is 15.5 Å². The van der Waals surface area contributed by atoms with E-state index in [4.69, 9.17) is 16.3 Å². The zero-order valence-corrected chi connectivity index (χ0v) is 17.9. The minimum atomic E-state index is -0.131. The number of methoxy groups -OCH3 is 1. The summed E-state index contributed by atoms with van der Waals surface area (Å²) in [6.45, 7) is 0.835. The van der Waals surface area contributed by atoms with Crippen molar-refractivity contribution in [2.45, 2.75) is 25.0 Å². The van der Waals surface area contributed by atoms with E-state index in [0.29, 0.717) is 34.9 Å². The van der Waals surface area contributed by atoms with Gasteiger partial charge in [-0.1, -0.05) is 35.9 Å². The van der Waals surface area contributed by atoms with Crippen LogP contribution in [0.3, 0.4) is 0 Å². The van der Waals surface area contributed by atoms with Crippen LogP contribution in [0.2, 0.25) is 5.02 Å². The second-order valence-electron chi connectivity index (χ2n) is 7.94. The molecule has 0 aliphatic carbocycles. The van der Waals surface area contributed by atoms with Crippen LogP contribution in [0, 0.1) is 0 Å². The predicted octanol–water partition coefficient (Wildman–Crippen LogP) is 2.86. The first-order valence-electron chi connectivity index (χ1n) is 10.3. The summed E-state index contributed by atoms with van der Waals surface area (Å²) < 4.78 is 5.23. The number of nitrogens with one attached hydrogen (secondary N) is 2. The molecule has 0 spiro atoms. The number of hydrogen-bond acceptors (Lipinski definition) is 5. The monoisotopic (exact) mass is 438 g/mol. The molecular formula is C23H23ClN4O3. The predicted molar refractivity (Wildman–Crippen MR) is 116 cm³/mol. The van der Waals surface area contributed by atoms with Crippen molar-refractivity contribution in [3.8, 4) is 5.75 Å². The number of carbonyl (C=O) groups excluding carboxylic acids is 2. The van der Waals surface area contributed by atoms with Gasteiger partial charge in [0.1, 0.15) is 11.9 Å². The summed E-state index contributed by atoms with van der Waals surface area (Å²) in [4.78, 5) is 28.0. The number of ether oxygens (including phenoxy) is 1. The first kappa shape index (κ1) is 19.9. The van der Waals surface area contributed by atoms with Crippen LogP contribution in [0.15, 0.2) is 59.8 Å². The molecule has 3 heterocycles. The minimum absolute atomic E-state index is 0.0500. The quantitative estimate of drug-likeness (QED) is 0.770. The fourth-order valence-electron chi connectivity index (χ4n) is 4.49. The summed E-state index contributed by atoms with van der Waals surface area (Å²) in [6.07, 6.45) is 1.21. The lowest BCUT2D eigenvalue weighted by Crippen LogP contribution is -2.57. The van der Waals surface area contributed by atoms with Crippen LogP contribution >= 0.6 is 11.6 Å². The van der Waals surface area contributed by atoms with E-state index < -0.39 is 0 Å². The van der Waals surface area contributed by atoms with Crippen LogP contribution in [0.1, 0.15) is 34.8 Å². The number of hydrogen-bond donors (Lipinski definition) is 2. The molecular weight excluding hydrogens is 416 g/mol. The number of hydrazine groups is 1. The second kappa shape index (κ2) is 7.90. The number of fused-ring (bicyclic) bond motifs is 1. The molecule has 3 aliphatic rings. The average molecular weight is 439 g/mol. The molecule has 0 aromatic heterocycles. The molecule has 5 rings (SSSR count). The van der Waals surface area contributed by atoms with Crippen LogP contribution in [0.25, 0.3) is 0 Å². The number of rotatable bonds is 3. The third-order valence-electron chi connectivity index (χ3n) is 6.11. The molecule has 31 heavy (non-hydrogen) atoms. The summed E-state index contributed by atoms with van der Waals surface area (Å²) in [6, 6.07) is 14.7. The lowest BCUT2D eigenvalue weighted by atomic mass is 9.99. The number of carbonyl (C=O) groups is 2. The van der Waals surface area contributed by atoms with Crippen molar-refractivity contribution in [2.24, 2.45) is 0 Å². The van der Waals surface area contributed by atoms with E-state index in [1.807, 2.05) is 24.3 Å². The number of nitrogens with zero attached hydrogens (tertiary/aromatic N) is 2. The average Bonchev–Trinajstić information content (AvgIpc) is 3.23. The zero-order valence-electron chi connectivity index (χ0n) is 17.1. The van der Waals surface area contributed by atoms with E-state index in [2.05, 4.69) is 10.7 Å². The number of halogens is 1. The Morgan fingerprint density at radius 3 is 2.84 bits per heavy atom. The van der Waals surface area contributed by atoms with Crippen molar-refractivity contribution in [1.29, 1.82) is 0 Å². The van der Waals surface area contributed by atoms with Crippen LogP contribution in [-0.4, -0.2) is 48.1 Å². The normalized spacial score (nSPS) is 22.7. The molecule has 0 radical (unpaired) electrons. The molecule has 2 atom stereocenters. The Kier molecular flexibility index (Phi) is 5.08. The van der Waals surface area contributed by atoms with E-state index in [1.54, 1.807) is 41.3 Å². The molecule has 0 bridgehead atoms. The van der Waals surface area contributed by atoms with Crippen molar-refractivity contribution >= 4 is 23.4 Å². The van der Waals surface area contributed by atoms with Crippen molar-refractivity contribution < 1.29 is 14.3 Å². The van der Waals surface area contributed by atoms with Gasteiger partial charge in [0.2, 0.25) is 0 Å². The molecule has 7 nitrogen and oxygen atoms in total. The van der Waals surface area contributed by atoms with Gasteiger partial charge in [-0.25, -0.2) is 5.43 Å². The second-order valence-corrected chi connectivity index (χ2v) is 8.35. The Hall–Kier alpha value is -3.03. The Labute approximate surface area is 185 Å². The maximum absolute atomic E-state index is 13.3. The third kappa shape index (κ3) is 3.54. The van der Waals surface area contributed by atoms with Gasteiger partial charge in [-0.15, -0.1) is 0 Å². The highest BCUT2D eigenvalue weighted by molar-refractivity contribution is 6.31. The van der Waals surface area contributed by atoms with Crippen molar-refractivity contribution in [2.75, 3.05) is 20.2 Å². The minimum Gasteiger partial charge on any atom is -0.497 e. The van der Waals surface area contributed by atoms with E-state index in [0.717, 1.165) is 17.7 Å². The molecule has 3 aliphatic heterocycles. The first-order chi connectivity index (χ1) is 15.0. The summed E-state index contributed by atoms with van der Waals surface area (Å²) in [7, 11) is 1.57. The standard InChI is InChI=1S/C23H23ClN4O3/c1-31-15-6-4-5-14(11-15)22(29)27-10-9-19-17(13-27)23(30)28-21(25-19)12-20(26-28)16-7-2-3-8-18(16)24/h2-8,11,20-21,25-26H,9-10,12-13H2,1H3. The van der Waals surface area contributed by atoms with Gasteiger partial charge < -0.3 is 15.0 Å². The topological polar surface area (TPSA) is 73.9 Å². The largest absolute Gasteiger partial charge is 0.497 e. The molecule has 160 valence electrons. The van der Waals surface area contributed by atoms with Gasteiger partial charge in [-0.3, -0.25) is 14.6 Å². The summed E-state index contributed by atoms with van der Waals surface area (Å²) in [5.74, 6) is 0.438. The molecule has 2 aromatic carbocycles. The van der Waals surface area contributed by atoms with Gasteiger partial charge in [0, 0.05) is 35.7 Å². The van der Waals surface area contributed by atoms with Gasteiger partial charge in [-0.05, 0) is 29.8 Å². The van der Waals surface area contributed by atoms with Gasteiger partial charge in [-0.2, -0.15) is 0 Å². The lowest BCUT2D eigenvalue weighted by Gasteiger charge is -2.39. The van der Waals surface area contributed by atoms with Crippen molar-refractivity contribution in [1.82, 2.24) is 20.7 Å². The van der Waals surface area contributed by atoms with E-state index in [1.165, 1.54) is 0 Å². The van der Waals surface area contributed by atoms with Gasteiger partial charge >= 0.3 is 0 Å². The molecule has 8 heteroatoms. The van der Waals surface area contributed by atoms with E-state index >= 15 is 0 Å². The lowest BCUT2D eigenvalue weighted by molar-refractivity contribution is -0.133. The highest BCUT2D eigenvalue weighted by atomic mass is 35.5. The molecule has 2 aromatic rings. The SMILES string of the molecule is COc1cccc(C(=O)N2CCC3=C(C2)C(=O)N2NC(c4ccccc4Cl)CC2N3)c1. The molecule has 2 amide bonds. The van der Waals surface area contributed by atoms with Crippen molar-refractivity contribution in [3.63, 3.8) is 0 Å². The van der Waals surface area contributed by atoms with Crippen LogP contribution in [0.5, 0.6) is 5.75 Å². The maximum Gasteiger partial charge on any atom is 0.269 e. The molecule has 1 saturated heterocycles. The molecule has 2 N–H and O–H groups in total. The highest BCUT2D eigenvalue weighted by Gasteiger charge is 2.43. The van der Waals surface area contributed by atoms with Crippen LogP contribution in [-0.2, 0) is 4.79 Å². The Morgan fingerprint density at radius 1 is 1.19 bits per heavy atom. The smallest absolute Gasteiger partial charge is 0.269 e. The first-order valence-corrected chi connectivity index (χ1v) is 10.7. The number of amides is 2. The fraction of sp³-hybridized carbons (Fsp3) is 0.304. The summed E-state index contributed by atoms with van der Waals surface area (Å²) in [5, 5.41) is 5.83. The number of benzene rings is 2. The third-order valence-corrected chi connectivity index (χ3v) is 6.46. The van der Waals surface area contributed by atoms with E-state index in [9.17, 15) is 9.59 Å². The Bertz CT molecular complexity index is 1090. The fourth-order valence-corrected chi connectivity index (χ4v) is 4.76. The molecule has 2 unspecified atom stereocenters. The van der Waals surface area contributed by atoms with Gasteiger partial charge in [0.05, 0.1) is 25.3 Å². The molecule has 1 fully saturated rings. The highest BCUT2D eigenvalue weighted by Crippen LogP contribution is 2.35. The van der Waals surface area contributed by atoms with Crippen LogP contribution in [0.4, 0.5) is 0 Å². The van der Waals surface area contributed by atoms with Gasteiger partial charge in [0.15, 0.2) is 0 Å². The van der Waals surface area contributed by atoms with Gasteiger partial charge in [0.25, 0.3) is 11.8 Å². The molecule has 0 saturated carbocycles. The van der Waals surface area contributed by atoms with E-state index in [-0.39, 0.29) is 30.6 Å². The van der Waals surface area contributed by atoms with Crippen molar-refractivity contribution in [3.05, 3.63) is 76.0 Å². The maximum atomic E-state index is 13.3. The summed E-state index contributed by atoms with van der Waals surface area (Å²) >= 11 is 6.37. The Morgan fingerprint density at radius 2 is 2.03 bits per heavy atom. The Balaban J connectivity index is 1.33. The summed E-state index contributed by atoms with van der Waals surface area (Å²) in [5.41, 5.74) is 6.39.